The lowest BCUT2D eigenvalue weighted by Crippen LogP contribution is -2.43. The maximum absolute atomic E-state index is 13.5. The van der Waals surface area contributed by atoms with Crippen molar-refractivity contribution in [1.82, 2.24) is 5.01 Å². The maximum Gasteiger partial charge on any atom is 0.263 e. The van der Waals surface area contributed by atoms with Crippen LogP contribution in [0.4, 0.5) is 20.2 Å². The molecule has 0 aliphatic carbocycles. The Balaban J connectivity index is 1.49. The van der Waals surface area contributed by atoms with Crippen molar-refractivity contribution in [2.24, 2.45) is 10.3 Å². The molecule has 11 heteroatoms. The minimum absolute atomic E-state index is 0.116. The van der Waals surface area contributed by atoms with Crippen molar-refractivity contribution in [3.05, 3.63) is 54.1 Å². The molecule has 1 N–H and O–H groups in total. The summed E-state index contributed by atoms with van der Waals surface area (Å²) in [7, 11) is 1.49. The molecule has 0 bridgehead atoms. The van der Waals surface area contributed by atoms with Crippen LogP contribution in [0.2, 0.25) is 0 Å². The number of fused-ring (bicyclic) bond motifs is 1. The lowest BCUT2D eigenvalue weighted by atomic mass is 10.1. The van der Waals surface area contributed by atoms with Gasteiger partial charge in [0.1, 0.15) is 12.3 Å². The Bertz CT molecular complexity index is 1080. The van der Waals surface area contributed by atoms with Crippen molar-refractivity contribution in [3.63, 3.8) is 0 Å². The summed E-state index contributed by atoms with van der Waals surface area (Å²) in [6, 6.07) is 7.07. The van der Waals surface area contributed by atoms with Crippen LogP contribution < -0.4 is 15.0 Å². The van der Waals surface area contributed by atoms with Gasteiger partial charge in [0.15, 0.2) is 23.7 Å². The number of nitrogens with zero attached hydrogens (tertiary/aromatic N) is 4. The van der Waals surface area contributed by atoms with Crippen LogP contribution in [0.5, 0.6) is 5.75 Å². The number of carbonyl (C=O) groups excluding carboxylic acids is 3. The van der Waals surface area contributed by atoms with Crippen molar-refractivity contribution in [3.8, 4) is 5.75 Å². The number of carbonyl (C=O) groups is 3. The van der Waals surface area contributed by atoms with E-state index in [0.717, 1.165) is 28.1 Å². The summed E-state index contributed by atoms with van der Waals surface area (Å²) >= 11 is 0. The zero-order valence-electron chi connectivity index (χ0n) is 15.6. The highest BCUT2D eigenvalue weighted by Gasteiger charge is 2.55. The smallest absolute Gasteiger partial charge is 0.263 e. The van der Waals surface area contributed by atoms with E-state index < -0.39 is 41.4 Å². The number of anilines is 2. The summed E-state index contributed by atoms with van der Waals surface area (Å²) in [5.74, 6) is -3.69. The van der Waals surface area contributed by atoms with Crippen molar-refractivity contribution < 1.29 is 27.9 Å². The molecule has 2 aliphatic rings. The SMILES string of the molecule is COc1cccc(NC(=O)CN2N=N[C@@H]3C(=O)N(c4ccc(F)c(F)c4)C(=O)[C@H]32)c1. The van der Waals surface area contributed by atoms with E-state index in [1.54, 1.807) is 24.3 Å². The number of amides is 3. The molecule has 1 saturated heterocycles. The fourth-order valence-electron chi connectivity index (χ4n) is 3.28. The van der Waals surface area contributed by atoms with E-state index in [-0.39, 0.29) is 12.2 Å². The molecule has 4 rings (SSSR count). The van der Waals surface area contributed by atoms with Crippen LogP contribution in [0.1, 0.15) is 0 Å². The quantitative estimate of drug-likeness (QED) is 0.752. The van der Waals surface area contributed by atoms with Crippen molar-refractivity contribution >= 4 is 29.1 Å². The van der Waals surface area contributed by atoms with Gasteiger partial charge in [-0.1, -0.05) is 11.3 Å². The molecule has 0 aromatic heterocycles. The number of nitrogens with one attached hydrogen (secondary N) is 1. The zero-order chi connectivity index (χ0) is 21.4. The molecular formula is C19H15F2N5O4. The molecule has 3 amide bonds. The van der Waals surface area contributed by atoms with Crippen LogP contribution in [0, 0.1) is 11.6 Å². The summed E-state index contributed by atoms with van der Waals surface area (Å²) in [5, 5.41) is 11.3. The lowest BCUT2D eigenvalue weighted by Gasteiger charge is -2.20. The molecule has 2 aliphatic heterocycles. The Morgan fingerprint density at radius 2 is 1.93 bits per heavy atom. The topological polar surface area (TPSA) is 104 Å². The maximum atomic E-state index is 13.5. The average Bonchev–Trinajstić information content (AvgIpc) is 3.24. The average molecular weight is 415 g/mol. The van der Waals surface area contributed by atoms with Crippen LogP contribution in [-0.4, -0.2) is 48.5 Å². The van der Waals surface area contributed by atoms with Crippen LogP contribution in [0.3, 0.4) is 0 Å². The molecule has 30 heavy (non-hydrogen) atoms. The first-order chi connectivity index (χ1) is 14.4. The summed E-state index contributed by atoms with van der Waals surface area (Å²) in [5.41, 5.74) is 0.360. The molecule has 2 aromatic carbocycles. The second-order valence-corrected chi connectivity index (χ2v) is 6.58. The Hall–Kier alpha value is -3.89. The van der Waals surface area contributed by atoms with Gasteiger partial charge in [-0.05, 0) is 24.3 Å². The standard InChI is InChI=1S/C19H15F2N5O4/c1-30-12-4-2-3-10(7-12)22-15(27)9-25-17-16(23-24-25)18(28)26(19(17)29)11-5-6-13(20)14(21)8-11/h2-8,16-17H,9H2,1H3,(H,22,27)/t16-,17-/m0/s1. The predicted molar refractivity (Wildman–Crippen MR) is 99.6 cm³/mol. The molecule has 1 fully saturated rings. The van der Waals surface area contributed by atoms with Gasteiger partial charge in [0.05, 0.1) is 12.8 Å². The molecule has 0 spiro atoms. The van der Waals surface area contributed by atoms with E-state index in [4.69, 9.17) is 4.74 Å². The van der Waals surface area contributed by atoms with E-state index >= 15 is 0 Å². The second kappa shape index (κ2) is 7.50. The van der Waals surface area contributed by atoms with Crippen LogP contribution >= 0.6 is 0 Å². The molecule has 154 valence electrons. The van der Waals surface area contributed by atoms with E-state index in [2.05, 4.69) is 15.7 Å². The molecule has 2 heterocycles. The Labute approximate surface area is 168 Å². The van der Waals surface area contributed by atoms with E-state index in [9.17, 15) is 23.2 Å². The Morgan fingerprint density at radius 3 is 2.67 bits per heavy atom. The third kappa shape index (κ3) is 3.34. The largest absolute Gasteiger partial charge is 0.497 e. The third-order valence-corrected chi connectivity index (χ3v) is 4.68. The molecule has 0 saturated carbocycles. The predicted octanol–water partition coefficient (Wildman–Crippen LogP) is 1.91. The van der Waals surface area contributed by atoms with E-state index in [1.807, 2.05) is 0 Å². The van der Waals surface area contributed by atoms with Gasteiger partial charge in [-0.3, -0.25) is 19.4 Å². The van der Waals surface area contributed by atoms with Gasteiger partial charge in [0.25, 0.3) is 11.8 Å². The van der Waals surface area contributed by atoms with E-state index in [0.29, 0.717) is 11.4 Å². The van der Waals surface area contributed by atoms with Gasteiger partial charge in [0, 0.05) is 17.8 Å². The number of rotatable bonds is 5. The summed E-state index contributed by atoms with van der Waals surface area (Å²) in [4.78, 5) is 38.5. The first kappa shape index (κ1) is 19.4. The number of ether oxygens (including phenoxy) is 1. The number of halogens is 2. The Morgan fingerprint density at radius 1 is 1.13 bits per heavy atom. The van der Waals surface area contributed by atoms with Gasteiger partial charge >= 0.3 is 0 Å². The monoisotopic (exact) mass is 415 g/mol. The highest BCUT2D eigenvalue weighted by molar-refractivity contribution is 6.25. The molecule has 0 radical (unpaired) electrons. The van der Waals surface area contributed by atoms with Crippen LogP contribution in [0.15, 0.2) is 52.8 Å². The van der Waals surface area contributed by atoms with Gasteiger partial charge in [-0.25, -0.2) is 13.7 Å². The van der Waals surface area contributed by atoms with Crippen LogP contribution in [-0.2, 0) is 14.4 Å². The molecule has 9 nitrogen and oxygen atoms in total. The normalized spacial score (nSPS) is 20.0. The first-order valence-corrected chi connectivity index (χ1v) is 8.83. The van der Waals surface area contributed by atoms with Crippen LogP contribution in [0.25, 0.3) is 0 Å². The molecule has 0 unspecified atom stereocenters. The van der Waals surface area contributed by atoms with Gasteiger partial charge in [-0.2, -0.15) is 5.11 Å². The zero-order valence-corrected chi connectivity index (χ0v) is 15.6. The van der Waals surface area contributed by atoms with Gasteiger partial charge < -0.3 is 10.1 Å². The first-order valence-electron chi connectivity index (χ1n) is 8.83. The van der Waals surface area contributed by atoms with Gasteiger partial charge in [-0.15, -0.1) is 0 Å². The van der Waals surface area contributed by atoms with E-state index in [1.165, 1.54) is 7.11 Å². The minimum Gasteiger partial charge on any atom is -0.497 e. The Kier molecular flexibility index (Phi) is 4.86. The van der Waals surface area contributed by atoms with Crippen molar-refractivity contribution in [2.45, 2.75) is 12.1 Å². The minimum atomic E-state index is -1.19. The number of benzene rings is 2. The number of methoxy groups -OCH3 is 1. The summed E-state index contributed by atoms with van der Waals surface area (Å²) < 4.78 is 31.8. The number of hydrogen-bond donors (Lipinski definition) is 1. The molecule has 2 atom stereocenters. The highest BCUT2D eigenvalue weighted by Crippen LogP contribution is 2.32. The number of hydrogen-bond acceptors (Lipinski definition) is 7. The summed E-state index contributed by atoms with van der Waals surface area (Å²) in [6.45, 7) is -0.341. The fraction of sp³-hybridized carbons (Fsp3) is 0.211. The van der Waals surface area contributed by atoms with Crippen molar-refractivity contribution in [1.29, 1.82) is 0 Å². The summed E-state index contributed by atoms with van der Waals surface area (Å²) in [6.07, 6.45) is 0. The highest BCUT2D eigenvalue weighted by atomic mass is 19.2. The fourth-order valence-corrected chi connectivity index (χ4v) is 3.28. The molecule has 2 aromatic rings. The van der Waals surface area contributed by atoms with Crippen molar-refractivity contribution in [2.75, 3.05) is 23.9 Å². The number of imide groups is 1. The third-order valence-electron chi connectivity index (χ3n) is 4.68. The second-order valence-electron chi connectivity index (χ2n) is 6.58. The molecular weight excluding hydrogens is 400 g/mol. The van der Waals surface area contributed by atoms with Gasteiger partial charge in [0.2, 0.25) is 5.91 Å². The lowest BCUT2D eigenvalue weighted by molar-refractivity contribution is -0.123.